The molecule has 5 heteroatoms. The van der Waals surface area contributed by atoms with E-state index in [0.717, 1.165) is 32.8 Å². The molecule has 3 aromatic carbocycles. The Bertz CT molecular complexity index is 1090. The van der Waals surface area contributed by atoms with Crippen LogP contribution in [0.2, 0.25) is 0 Å². The molecular weight excluding hydrogens is 432 g/mol. The average molecular weight is 451 g/mol. The lowest BCUT2D eigenvalue weighted by Crippen LogP contribution is -2.04. The Morgan fingerprint density at radius 1 is 0.929 bits per heavy atom. The third-order valence-electron chi connectivity index (χ3n) is 4.53. The van der Waals surface area contributed by atoms with E-state index in [2.05, 4.69) is 50.8 Å². The molecule has 0 aliphatic heterocycles. The van der Waals surface area contributed by atoms with Crippen LogP contribution in [0.4, 0.5) is 0 Å². The van der Waals surface area contributed by atoms with Gasteiger partial charge < -0.3 is 4.57 Å². The van der Waals surface area contributed by atoms with Crippen LogP contribution in [0.25, 0.3) is 11.0 Å². The van der Waals surface area contributed by atoms with E-state index < -0.39 is 0 Å². The molecule has 1 heterocycles. The zero-order valence-corrected chi connectivity index (χ0v) is 17.6. The molecule has 0 aliphatic rings. The van der Waals surface area contributed by atoms with Crippen LogP contribution in [0.5, 0.6) is 0 Å². The lowest BCUT2D eigenvalue weighted by molar-refractivity contribution is 0.0989. The third kappa shape index (κ3) is 4.37. The molecule has 0 N–H and O–H groups in total. The first-order chi connectivity index (χ1) is 13.7. The molecule has 1 aromatic heterocycles. The summed E-state index contributed by atoms with van der Waals surface area (Å²) in [5.41, 5.74) is 4.09. The number of thioether (sulfide) groups is 1. The minimum atomic E-state index is 0.158. The Morgan fingerprint density at radius 2 is 1.64 bits per heavy atom. The monoisotopic (exact) mass is 450 g/mol. The van der Waals surface area contributed by atoms with Gasteiger partial charge in [0.1, 0.15) is 0 Å². The van der Waals surface area contributed by atoms with Gasteiger partial charge in [0.2, 0.25) is 0 Å². The zero-order valence-electron chi connectivity index (χ0n) is 15.2. The molecule has 28 heavy (non-hydrogen) atoms. The number of nitrogens with zero attached hydrogens (tertiary/aromatic N) is 2. The van der Waals surface area contributed by atoms with E-state index in [1.54, 1.807) is 11.8 Å². The van der Waals surface area contributed by atoms with Gasteiger partial charge in [0.25, 0.3) is 0 Å². The number of imidazole rings is 1. The van der Waals surface area contributed by atoms with Crippen molar-refractivity contribution in [2.45, 2.75) is 18.1 Å². The Balaban J connectivity index is 1.51. The van der Waals surface area contributed by atoms with Gasteiger partial charge >= 0.3 is 0 Å². The lowest BCUT2D eigenvalue weighted by atomic mass is 10.1. The molecule has 0 bridgehead atoms. The van der Waals surface area contributed by atoms with E-state index in [4.69, 9.17) is 4.98 Å². The molecule has 0 atom stereocenters. The standard InChI is InChI=1S/C23H19BrN2OS/c24-19-12-10-18(11-13-19)22(27)14-15-28-23-25-20-8-4-5-9-21(20)26(23)16-17-6-2-1-3-7-17/h1-13H,14-16H2. The number of rotatable bonds is 7. The lowest BCUT2D eigenvalue weighted by Gasteiger charge is -2.09. The molecule has 0 saturated heterocycles. The van der Waals surface area contributed by atoms with Gasteiger partial charge in [-0.25, -0.2) is 4.98 Å². The minimum Gasteiger partial charge on any atom is -0.314 e. The Labute approximate surface area is 176 Å². The first kappa shape index (κ1) is 19.0. The van der Waals surface area contributed by atoms with Gasteiger partial charge in [-0.05, 0) is 29.8 Å². The van der Waals surface area contributed by atoms with Crippen molar-refractivity contribution in [3.05, 3.63) is 94.5 Å². The summed E-state index contributed by atoms with van der Waals surface area (Å²) in [4.78, 5) is 17.2. The summed E-state index contributed by atoms with van der Waals surface area (Å²) in [6.45, 7) is 0.768. The van der Waals surface area contributed by atoms with Crippen molar-refractivity contribution in [3.8, 4) is 0 Å². The van der Waals surface area contributed by atoms with Crippen LogP contribution in [0, 0.1) is 0 Å². The summed E-state index contributed by atoms with van der Waals surface area (Å²) in [5, 5.41) is 0.952. The number of para-hydroxylation sites is 2. The fourth-order valence-electron chi connectivity index (χ4n) is 3.10. The van der Waals surface area contributed by atoms with Gasteiger partial charge in [0.15, 0.2) is 10.9 Å². The number of aromatic nitrogens is 2. The van der Waals surface area contributed by atoms with E-state index in [1.165, 1.54) is 5.56 Å². The molecule has 4 aromatic rings. The summed E-state index contributed by atoms with van der Waals surface area (Å²) in [5.74, 6) is 0.859. The number of carbonyl (C=O) groups excluding carboxylic acids is 1. The van der Waals surface area contributed by atoms with Crippen molar-refractivity contribution < 1.29 is 4.79 Å². The molecule has 4 rings (SSSR count). The van der Waals surface area contributed by atoms with Gasteiger partial charge in [-0.3, -0.25) is 4.79 Å². The summed E-state index contributed by atoms with van der Waals surface area (Å²) in [6, 6.07) is 26.1. The molecule has 0 fully saturated rings. The molecule has 0 radical (unpaired) electrons. The normalized spacial score (nSPS) is 11.0. The molecule has 0 saturated carbocycles. The van der Waals surface area contributed by atoms with Gasteiger partial charge in [0.05, 0.1) is 17.6 Å². The third-order valence-corrected chi connectivity index (χ3v) is 6.04. The number of carbonyl (C=O) groups is 1. The Kier molecular flexibility index (Phi) is 5.93. The topological polar surface area (TPSA) is 34.9 Å². The molecule has 140 valence electrons. The van der Waals surface area contributed by atoms with Crippen LogP contribution < -0.4 is 0 Å². The number of Topliss-reactive ketones (excluding diaryl/α,β-unsaturated/α-hetero) is 1. The highest BCUT2D eigenvalue weighted by atomic mass is 79.9. The molecule has 0 aliphatic carbocycles. The van der Waals surface area contributed by atoms with Crippen LogP contribution in [0.15, 0.2) is 88.5 Å². The first-order valence-electron chi connectivity index (χ1n) is 9.11. The van der Waals surface area contributed by atoms with Gasteiger partial charge in [-0.2, -0.15) is 0 Å². The van der Waals surface area contributed by atoms with Gasteiger partial charge in [-0.15, -0.1) is 0 Å². The molecule has 3 nitrogen and oxygen atoms in total. The van der Waals surface area contributed by atoms with Crippen molar-refractivity contribution >= 4 is 44.5 Å². The van der Waals surface area contributed by atoms with Crippen LogP contribution in [-0.4, -0.2) is 21.1 Å². The minimum absolute atomic E-state index is 0.158. The van der Waals surface area contributed by atoms with Crippen LogP contribution in [0.1, 0.15) is 22.3 Å². The summed E-state index contributed by atoms with van der Waals surface area (Å²) in [6.07, 6.45) is 0.487. The number of hydrogen-bond donors (Lipinski definition) is 0. The smallest absolute Gasteiger partial charge is 0.169 e. The highest BCUT2D eigenvalue weighted by molar-refractivity contribution is 9.10. The van der Waals surface area contributed by atoms with Crippen molar-refractivity contribution in [3.63, 3.8) is 0 Å². The van der Waals surface area contributed by atoms with Crippen LogP contribution in [0.3, 0.4) is 0 Å². The molecular formula is C23H19BrN2OS. The molecule has 0 unspecified atom stereocenters. The van der Waals surface area contributed by atoms with Crippen LogP contribution in [-0.2, 0) is 6.54 Å². The van der Waals surface area contributed by atoms with Crippen molar-refractivity contribution in [1.82, 2.24) is 9.55 Å². The zero-order chi connectivity index (χ0) is 19.3. The summed E-state index contributed by atoms with van der Waals surface area (Å²) in [7, 11) is 0. The maximum atomic E-state index is 12.4. The summed E-state index contributed by atoms with van der Waals surface area (Å²) >= 11 is 5.04. The second kappa shape index (κ2) is 8.76. The highest BCUT2D eigenvalue weighted by Crippen LogP contribution is 2.26. The molecule has 0 spiro atoms. The maximum Gasteiger partial charge on any atom is 0.169 e. The highest BCUT2D eigenvalue weighted by Gasteiger charge is 2.13. The second-order valence-electron chi connectivity index (χ2n) is 6.48. The second-order valence-corrected chi connectivity index (χ2v) is 8.46. The SMILES string of the molecule is O=C(CCSc1nc2ccccc2n1Cc1ccccc1)c1ccc(Br)cc1. The fraction of sp³-hybridized carbons (Fsp3) is 0.130. The van der Waals surface area contributed by atoms with Gasteiger partial charge in [0, 0.05) is 22.2 Å². The van der Waals surface area contributed by atoms with Crippen molar-refractivity contribution in [1.29, 1.82) is 0 Å². The van der Waals surface area contributed by atoms with Crippen molar-refractivity contribution in [2.75, 3.05) is 5.75 Å². The quantitative estimate of drug-likeness (QED) is 0.247. The first-order valence-corrected chi connectivity index (χ1v) is 10.9. The van der Waals surface area contributed by atoms with E-state index >= 15 is 0 Å². The number of fused-ring (bicyclic) bond motifs is 1. The summed E-state index contributed by atoms with van der Waals surface area (Å²) < 4.78 is 3.22. The molecule has 0 amide bonds. The predicted molar refractivity (Wildman–Crippen MR) is 119 cm³/mol. The predicted octanol–water partition coefficient (Wildman–Crippen LogP) is 6.21. The average Bonchev–Trinajstić information content (AvgIpc) is 3.07. The van der Waals surface area contributed by atoms with E-state index in [9.17, 15) is 4.79 Å². The fourth-order valence-corrected chi connectivity index (χ4v) is 4.31. The Hall–Kier alpha value is -2.37. The Morgan fingerprint density at radius 3 is 2.43 bits per heavy atom. The number of benzene rings is 3. The van der Waals surface area contributed by atoms with E-state index in [-0.39, 0.29) is 5.78 Å². The largest absolute Gasteiger partial charge is 0.314 e. The number of ketones is 1. The van der Waals surface area contributed by atoms with Crippen molar-refractivity contribution in [2.24, 2.45) is 0 Å². The van der Waals surface area contributed by atoms with E-state index in [0.29, 0.717) is 12.2 Å². The van der Waals surface area contributed by atoms with E-state index in [1.807, 2.05) is 48.5 Å². The number of hydrogen-bond acceptors (Lipinski definition) is 3. The van der Waals surface area contributed by atoms with Crippen LogP contribution >= 0.6 is 27.7 Å². The van der Waals surface area contributed by atoms with Gasteiger partial charge in [-0.1, -0.05) is 82.3 Å². The number of halogens is 1. The maximum absolute atomic E-state index is 12.4.